The lowest BCUT2D eigenvalue weighted by Crippen LogP contribution is -2.06. The van der Waals surface area contributed by atoms with Crippen molar-refractivity contribution in [1.82, 2.24) is 4.98 Å². The van der Waals surface area contributed by atoms with Crippen LogP contribution in [0.3, 0.4) is 0 Å². The molecule has 124 valence electrons. The third-order valence-electron chi connectivity index (χ3n) is 2.53. The smallest absolute Gasteiger partial charge is 0.417 e. The number of alkyl halides is 3. The molecule has 0 fully saturated rings. The zero-order valence-corrected chi connectivity index (χ0v) is 13.1. The van der Waals surface area contributed by atoms with Crippen LogP contribution in [-0.2, 0) is 15.2 Å². The van der Waals surface area contributed by atoms with Gasteiger partial charge in [-0.05, 0) is 24.3 Å². The fraction of sp³-hybridized carbons (Fsp3) is 0.0833. The third kappa shape index (κ3) is 4.24. The van der Waals surface area contributed by atoms with Gasteiger partial charge in [-0.25, -0.2) is 17.8 Å². The minimum atomic E-state index is -4.64. The molecule has 0 atom stereocenters. The van der Waals surface area contributed by atoms with Crippen LogP contribution in [0.4, 0.5) is 17.6 Å². The van der Waals surface area contributed by atoms with Gasteiger partial charge < -0.3 is 4.74 Å². The highest BCUT2D eigenvalue weighted by molar-refractivity contribution is 8.13. The van der Waals surface area contributed by atoms with Gasteiger partial charge in [-0.15, -0.1) is 0 Å². The van der Waals surface area contributed by atoms with E-state index >= 15 is 0 Å². The second-order valence-corrected chi connectivity index (χ2v) is 7.11. The summed E-state index contributed by atoms with van der Waals surface area (Å²) in [4.78, 5) is 2.86. The maximum Gasteiger partial charge on any atom is 0.417 e. The average Bonchev–Trinajstić information content (AvgIpc) is 2.40. The predicted molar refractivity (Wildman–Crippen MR) is 73.8 cm³/mol. The summed E-state index contributed by atoms with van der Waals surface area (Å²) in [6.07, 6.45) is -4.17. The second kappa shape index (κ2) is 6.14. The molecule has 0 N–H and O–H groups in total. The van der Waals surface area contributed by atoms with Crippen LogP contribution in [-0.4, -0.2) is 13.4 Å². The first kappa shape index (κ1) is 17.8. The first-order valence-corrected chi connectivity index (χ1v) is 8.32. The molecule has 1 aromatic carbocycles. The van der Waals surface area contributed by atoms with E-state index in [4.69, 9.17) is 27.0 Å². The fourth-order valence-corrected chi connectivity index (χ4v) is 2.44. The summed E-state index contributed by atoms with van der Waals surface area (Å²) >= 11 is 5.61. The van der Waals surface area contributed by atoms with Crippen molar-refractivity contribution in [3.63, 3.8) is 0 Å². The van der Waals surface area contributed by atoms with Gasteiger partial charge in [-0.3, -0.25) is 0 Å². The molecule has 0 saturated heterocycles. The summed E-state index contributed by atoms with van der Waals surface area (Å²) in [7, 11) is 0.918. The number of halogens is 6. The monoisotopic (exact) mass is 389 g/mol. The van der Waals surface area contributed by atoms with E-state index in [9.17, 15) is 26.0 Å². The normalized spacial score (nSPS) is 12.3. The van der Waals surface area contributed by atoms with Crippen molar-refractivity contribution in [1.29, 1.82) is 0 Å². The van der Waals surface area contributed by atoms with Gasteiger partial charge in [0.2, 0.25) is 5.88 Å². The van der Waals surface area contributed by atoms with Crippen LogP contribution >= 0.6 is 22.3 Å². The van der Waals surface area contributed by atoms with E-state index in [2.05, 4.69) is 4.98 Å². The van der Waals surface area contributed by atoms with Crippen LogP contribution in [0.1, 0.15) is 5.56 Å². The molecule has 4 nitrogen and oxygen atoms in total. The Morgan fingerprint density at radius 1 is 1.17 bits per heavy atom. The average molecular weight is 390 g/mol. The minimum Gasteiger partial charge on any atom is -0.434 e. The van der Waals surface area contributed by atoms with Gasteiger partial charge in [0.05, 0.1) is 10.5 Å². The lowest BCUT2D eigenvalue weighted by molar-refractivity contribution is -0.137. The Morgan fingerprint density at radius 3 is 2.30 bits per heavy atom. The number of aromatic nitrogens is 1. The number of hydrogen-bond donors (Lipinski definition) is 0. The topological polar surface area (TPSA) is 56.3 Å². The zero-order valence-electron chi connectivity index (χ0n) is 10.7. The Labute approximate surface area is 137 Å². The van der Waals surface area contributed by atoms with Crippen LogP contribution in [0.15, 0.2) is 35.4 Å². The van der Waals surface area contributed by atoms with Crippen molar-refractivity contribution in [2.24, 2.45) is 0 Å². The molecule has 0 saturated carbocycles. The number of hydrogen-bond acceptors (Lipinski definition) is 4. The molecule has 0 unspecified atom stereocenters. The molecule has 0 spiro atoms. The number of pyridine rings is 1. The maximum atomic E-state index is 13.8. The molecule has 0 bridgehead atoms. The van der Waals surface area contributed by atoms with Crippen molar-refractivity contribution in [2.75, 3.05) is 0 Å². The van der Waals surface area contributed by atoms with Crippen molar-refractivity contribution in [2.45, 2.75) is 11.1 Å². The number of benzene rings is 1. The summed E-state index contributed by atoms with van der Waals surface area (Å²) in [5.41, 5.74) is -1.10. The van der Waals surface area contributed by atoms with Gasteiger partial charge in [0.15, 0.2) is 11.6 Å². The van der Waals surface area contributed by atoms with Gasteiger partial charge in [0, 0.05) is 16.9 Å². The molecule has 1 aromatic heterocycles. The first-order valence-electron chi connectivity index (χ1n) is 5.63. The summed E-state index contributed by atoms with van der Waals surface area (Å²) in [6, 6.07) is 3.05. The Morgan fingerprint density at radius 2 is 1.83 bits per heavy atom. The van der Waals surface area contributed by atoms with Gasteiger partial charge in [-0.2, -0.15) is 13.2 Å². The molecule has 0 aliphatic rings. The standard InChI is InChI=1S/C12H5Cl2F4NO3S/c13-8-3-6(12(16,17)18)5-19-11(8)22-10-2-1-7(4-9(10)15)23(14,20)21/h1-5H. The minimum absolute atomic E-state index is 0.469. The van der Waals surface area contributed by atoms with Gasteiger partial charge in [0.25, 0.3) is 9.05 Å². The van der Waals surface area contributed by atoms with E-state index < -0.39 is 48.2 Å². The number of rotatable bonds is 3. The highest BCUT2D eigenvalue weighted by Crippen LogP contribution is 2.35. The van der Waals surface area contributed by atoms with Gasteiger partial charge in [-0.1, -0.05) is 11.6 Å². The van der Waals surface area contributed by atoms with Crippen LogP contribution in [0.2, 0.25) is 5.02 Å². The SMILES string of the molecule is O=S(=O)(Cl)c1ccc(Oc2ncc(C(F)(F)F)cc2Cl)c(F)c1. The molecule has 0 aliphatic carbocycles. The molecule has 0 aliphatic heterocycles. The van der Waals surface area contributed by atoms with E-state index in [-0.39, 0.29) is 0 Å². The Hall–Kier alpha value is -1.58. The van der Waals surface area contributed by atoms with E-state index in [0.717, 1.165) is 12.1 Å². The van der Waals surface area contributed by atoms with Crippen molar-refractivity contribution >= 4 is 31.3 Å². The Kier molecular flexibility index (Phi) is 4.74. The summed E-state index contributed by atoms with van der Waals surface area (Å²) in [5.74, 6) is -2.06. The molecule has 2 aromatic rings. The molecule has 1 heterocycles. The van der Waals surface area contributed by atoms with E-state index in [1.54, 1.807) is 0 Å². The summed E-state index contributed by atoms with van der Waals surface area (Å²) in [6.45, 7) is 0. The van der Waals surface area contributed by atoms with Crippen molar-refractivity contribution in [3.05, 3.63) is 46.9 Å². The first-order chi connectivity index (χ1) is 10.5. The van der Waals surface area contributed by atoms with E-state index in [0.29, 0.717) is 18.3 Å². The highest BCUT2D eigenvalue weighted by atomic mass is 35.7. The zero-order chi connectivity index (χ0) is 17.4. The van der Waals surface area contributed by atoms with Crippen molar-refractivity contribution < 1.29 is 30.7 Å². The molecule has 11 heteroatoms. The summed E-state index contributed by atoms with van der Waals surface area (Å²) in [5, 5.41) is -0.492. The summed E-state index contributed by atoms with van der Waals surface area (Å²) < 4.78 is 78.3. The molecule has 2 rings (SSSR count). The predicted octanol–water partition coefficient (Wildman–Crippen LogP) is 4.61. The maximum absolute atomic E-state index is 13.8. The van der Waals surface area contributed by atoms with E-state index in [1.807, 2.05) is 0 Å². The van der Waals surface area contributed by atoms with Crippen molar-refractivity contribution in [3.8, 4) is 11.6 Å². The molecular formula is C12H5Cl2F4NO3S. The molecule has 23 heavy (non-hydrogen) atoms. The second-order valence-electron chi connectivity index (χ2n) is 4.14. The Bertz CT molecular complexity index is 856. The van der Waals surface area contributed by atoms with Crippen LogP contribution in [0, 0.1) is 5.82 Å². The van der Waals surface area contributed by atoms with Gasteiger partial charge in [0.1, 0.15) is 5.02 Å². The molecule has 0 radical (unpaired) electrons. The van der Waals surface area contributed by atoms with Gasteiger partial charge >= 0.3 is 6.18 Å². The largest absolute Gasteiger partial charge is 0.434 e. The highest BCUT2D eigenvalue weighted by Gasteiger charge is 2.32. The Balaban J connectivity index is 2.33. The van der Waals surface area contributed by atoms with E-state index in [1.165, 1.54) is 0 Å². The lowest BCUT2D eigenvalue weighted by Gasteiger charge is -2.10. The number of nitrogens with zero attached hydrogens (tertiary/aromatic N) is 1. The van der Waals surface area contributed by atoms with Crippen LogP contribution in [0.25, 0.3) is 0 Å². The molecular weight excluding hydrogens is 385 g/mol. The number of ether oxygens (including phenoxy) is 1. The lowest BCUT2D eigenvalue weighted by atomic mass is 10.3. The van der Waals surface area contributed by atoms with Crippen LogP contribution < -0.4 is 4.74 Å². The molecule has 0 amide bonds. The van der Waals surface area contributed by atoms with Crippen LogP contribution in [0.5, 0.6) is 11.6 Å². The quantitative estimate of drug-likeness (QED) is 0.567. The fourth-order valence-electron chi connectivity index (χ4n) is 1.48. The third-order valence-corrected chi connectivity index (χ3v) is 4.15.